The molecule has 4 rings (SSSR count). The number of nitrogens with one attached hydrogen (secondary N) is 1. The van der Waals surface area contributed by atoms with Gasteiger partial charge in [-0.3, -0.25) is 4.90 Å². The third-order valence-corrected chi connectivity index (χ3v) is 6.27. The molecule has 0 spiro atoms. The third-order valence-electron chi connectivity index (χ3n) is 6.27. The van der Waals surface area contributed by atoms with Gasteiger partial charge < -0.3 is 10.2 Å². The fourth-order valence-electron chi connectivity index (χ4n) is 5.06. The minimum atomic E-state index is 0. The number of rotatable bonds is 3. The topological polar surface area (TPSA) is 18.5 Å². The third kappa shape index (κ3) is 3.41. The van der Waals surface area contributed by atoms with Crippen LogP contribution in [0.1, 0.15) is 45.4 Å². The molecule has 4 aliphatic rings. The van der Waals surface area contributed by atoms with Crippen molar-refractivity contribution in [2.24, 2.45) is 11.3 Å². The van der Waals surface area contributed by atoms with E-state index in [2.05, 4.69) is 22.0 Å². The molecule has 122 valence electrons. The molecular weight excluding hydrogens is 282 g/mol. The minimum absolute atomic E-state index is 0. The van der Waals surface area contributed by atoms with Gasteiger partial charge in [0.15, 0.2) is 0 Å². The zero-order chi connectivity index (χ0) is 13.6. The van der Waals surface area contributed by atoms with Crippen LogP contribution in [-0.2, 0) is 0 Å². The average molecular weight is 314 g/mol. The summed E-state index contributed by atoms with van der Waals surface area (Å²) in [5, 5.41) is 3.55. The van der Waals surface area contributed by atoms with E-state index in [9.17, 15) is 0 Å². The standard InChI is InChI=1S/C17H31N3.ClH/c1-17(7-8-18-12-17)13-19-10-6-16-14(11-19)3-2-9-20(16)15-4-5-15;/h14-16,18H,2-13H2,1H3;1H. The van der Waals surface area contributed by atoms with Crippen molar-refractivity contribution >= 4 is 12.4 Å². The molecule has 3 aliphatic heterocycles. The van der Waals surface area contributed by atoms with E-state index in [4.69, 9.17) is 0 Å². The average Bonchev–Trinajstić information content (AvgIpc) is 3.21. The maximum Gasteiger partial charge on any atom is 0.0151 e. The van der Waals surface area contributed by atoms with Crippen molar-refractivity contribution < 1.29 is 0 Å². The van der Waals surface area contributed by atoms with Crippen molar-refractivity contribution in [2.75, 3.05) is 39.3 Å². The van der Waals surface area contributed by atoms with Crippen LogP contribution in [0.25, 0.3) is 0 Å². The normalized spacial score (nSPS) is 41.6. The Morgan fingerprint density at radius 2 is 2.00 bits per heavy atom. The molecule has 0 amide bonds. The molecule has 21 heavy (non-hydrogen) atoms. The summed E-state index contributed by atoms with van der Waals surface area (Å²) in [6, 6.07) is 1.91. The smallest absolute Gasteiger partial charge is 0.0151 e. The lowest BCUT2D eigenvalue weighted by molar-refractivity contribution is 0.00686. The summed E-state index contributed by atoms with van der Waals surface area (Å²) in [6.07, 6.45) is 8.70. The number of piperidine rings is 2. The van der Waals surface area contributed by atoms with Gasteiger partial charge in [0, 0.05) is 31.7 Å². The molecule has 1 saturated carbocycles. The number of nitrogens with zero attached hydrogens (tertiary/aromatic N) is 2. The van der Waals surface area contributed by atoms with Crippen LogP contribution in [-0.4, -0.2) is 61.2 Å². The second-order valence-corrected chi connectivity index (χ2v) is 8.20. The Hall–Kier alpha value is 0.170. The van der Waals surface area contributed by atoms with E-state index >= 15 is 0 Å². The largest absolute Gasteiger partial charge is 0.316 e. The van der Waals surface area contributed by atoms with E-state index < -0.39 is 0 Å². The summed E-state index contributed by atoms with van der Waals surface area (Å²) in [6.45, 7) is 10.4. The Morgan fingerprint density at radius 1 is 1.14 bits per heavy atom. The van der Waals surface area contributed by atoms with E-state index in [0.717, 1.165) is 18.0 Å². The van der Waals surface area contributed by atoms with Crippen LogP contribution >= 0.6 is 12.4 Å². The molecule has 3 nitrogen and oxygen atoms in total. The van der Waals surface area contributed by atoms with Gasteiger partial charge in [0.1, 0.15) is 0 Å². The molecule has 3 atom stereocenters. The van der Waals surface area contributed by atoms with Crippen molar-refractivity contribution in [1.29, 1.82) is 0 Å². The zero-order valence-electron chi connectivity index (χ0n) is 13.5. The van der Waals surface area contributed by atoms with Crippen LogP contribution in [0.15, 0.2) is 0 Å². The van der Waals surface area contributed by atoms with E-state index in [-0.39, 0.29) is 12.4 Å². The van der Waals surface area contributed by atoms with Crippen molar-refractivity contribution in [3.63, 3.8) is 0 Å². The first-order valence-corrected chi connectivity index (χ1v) is 8.92. The minimum Gasteiger partial charge on any atom is -0.316 e. The quantitative estimate of drug-likeness (QED) is 0.863. The molecule has 3 heterocycles. The van der Waals surface area contributed by atoms with Gasteiger partial charge in [-0.25, -0.2) is 0 Å². The van der Waals surface area contributed by atoms with Crippen molar-refractivity contribution in [2.45, 2.75) is 57.5 Å². The van der Waals surface area contributed by atoms with Crippen LogP contribution in [0.4, 0.5) is 0 Å². The highest BCUT2D eigenvalue weighted by molar-refractivity contribution is 5.85. The second kappa shape index (κ2) is 6.35. The van der Waals surface area contributed by atoms with Crippen molar-refractivity contribution in [3.05, 3.63) is 0 Å². The molecule has 1 aliphatic carbocycles. The molecule has 0 aromatic carbocycles. The maximum atomic E-state index is 3.55. The first-order chi connectivity index (χ1) is 9.73. The zero-order valence-corrected chi connectivity index (χ0v) is 14.3. The Bertz CT molecular complexity index is 352. The van der Waals surface area contributed by atoms with Gasteiger partial charge in [-0.1, -0.05) is 6.92 Å². The number of halogens is 1. The Labute approximate surface area is 136 Å². The highest BCUT2D eigenvalue weighted by Gasteiger charge is 2.42. The summed E-state index contributed by atoms with van der Waals surface area (Å²) in [5.41, 5.74) is 0.539. The number of likely N-dealkylation sites (tertiary alicyclic amines) is 2. The Morgan fingerprint density at radius 3 is 2.71 bits per heavy atom. The lowest BCUT2D eigenvalue weighted by Crippen LogP contribution is -2.56. The molecule has 0 aromatic heterocycles. The number of fused-ring (bicyclic) bond motifs is 1. The van der Waals surface area contributed by atoms with E-state index in [1.54, 1.807) is 0 Å². The fourth-order valence-corrected chi connectivity index (χ4v) is 5.06. The van der Waals surface area contributed by atoms with Gasteiger partial charge in [-0.2, -0.15) is 0 Å². The number of hydrogen-bond acceptors (Lipinski definition) is 3. The molecular formula is C17H32ClN3. The molecule has 0 radical (unpaired) electrons. The SMILES string of the molecule is CC1(CN2CCC3C(CCCN3C3CC3)C2)CCNC1.Cl. The van der Waals surface area contributed by atoms with Gasteiger partial charge in [-0.15, -0.1) is 12.4 Å². The summed E-state index contributed by atoms with van der Waals surface area (Å²) < 4.78 is 0. The molecule has 4 heteroatoms. The Kier molecular flexibility index (Phi) is 4.85. The summed E-state index contributed by atoms with van der Waals surface area (Å²) >= 11 is 0. The van der Waals surface area contributed by atoms with Gasteiger partial charge in [0.05, 0.1) is 0 Å². The molecule has 3 unspecified atom stereocenters. The Balaban J connectivity index is 0.00000132. The molecule has 4 fully saturated rings. The van der Waals surface area contributed by atoms with Crippen molar-refractivity contribution in [3.8, 4) is 0 Å². The summed E-state index contributed by atoms with van der Waals surface area (Å²) in [4.78, 5) is 5.69. The van der Waals surface area contributed by atoms with Crippen LogP contribution in [0.3, 0.4) is 0 Å². The fraction of sp³-hybridized carbons (Fsp3) is 1.00. The summed E-state index contributed by atoms with van der Waals surface area (Å²) in [7, 11) is 0. The van der Waals surface area contributed by atoms with E-state index in [1.165, 1.54) is 77.8 Å². The van der Waals surface area contributed by atoms with Crippen LogP contribution in [0.2, 0.25) is 0 Å². The van der Waals surface area contributed by atoms with Crippen LogP contribution in [0, 0.1) is 11.3 Å². The highest BCUT2D eigenvalue weighted by atomic mass is 35.5. The molecule has 0 bridgehead atoms. The van der Waals surface area contributed by atoms with Crippen molar-refractivity contribution in [1.82, 2.24) is 15.1 Å². The van der Waals surface area contributed by atoms with Crippen LogP contribution < -0.4 is 5.32 Å². The van der Waals surface area contributed by atoms with Crippen LogP contribution in [0.5, 0.6) is 0 Å². The molecule has 3 saturated heterocycles. The molecule has 1 N–H and O–H groups in total. The monoisotopic (exact) mass is 313 g/mol. The lowest BCUT2D eigenvalue weighted by Gasteiger charge is -2.48. The molecule has 0 aromatic rings. The first kappa shape index (κ1) is 16.0. The van der Waals surface area contributed by atoms with E-state index in [1.807, 2.05) is 0 Å². The van der Waals surface area contributed by atoms with Gasteiger partial charge in [-0.05, 0) is 69.5 Å². The van der Waals surface area contributed by atoms with Gasteiger partial charge in [0.25, 0.3) is 0 Å². The van der Waals surface area contributed by atoms with Gasteiger partial charge in [0.2, 0.25) is 0 Å². The number of hydrogen-bond donors (Lipinski definition) is 1. The predicted molar refractivity (Wildman–Crippen MR) is 90.1 cm³/mol. The second-order valence-electron chi connectivity index (χ2n) is 8.20. The van der Waals surface area contributed by atoms with Gasteiger partial charge >= 0.3 is 0 Å². The lowest BCUT2D eigenvalue weighted by atomic mass is 9.82. The predicted octanol–water partition coefficient (Wildman–Crippen LogP) is 2.36. The van der Waals surface area contributed by atoms with E-state index in [0.29, 0.717) is 5.41 Å². The maximum absolute atomic E-state index is 3.55. The first-order valence-electron chi connectivity index (χ1n) is 8.92. The summed E-state index contributed by atoms with van der Waals surface area (Å²) in [5.74, 6) is 0.969. The highest BCUT2D eigenvalue weighted by Crippen LogP contribution is 2.39.